The van der Waals surface area contributed by atoms with Crippen LogP contribution < -0.4 is 4.90 Å². The van der Waals surface area contributed by atoms with Crippen LogP contribution >= 0.6 is 11.3 Å². The molecule has 12 rings (SSSR count). The fourth-order valence-electron chi connectivity index (χ4n) is 10.5. The smallest absolute Gasteiger partial charge is 0.0562 e. The molecular weight excluding hydrogens is 757 g/mol. The zero-order valence-electron chi connectivity index (χ0n) is 34.0. The van der Waals surface area contributed by atoms with Gasteiger partial charge in [0.25, 0.3) is 0 Å². The maximum Gasteiger partial charge on any atom is 0.0562 e. The van der Waals surface area contributed by atoms with Gasteiger partial charge in [-0.3, -0.25) is 0 Å². The summed E-state index contributed by atoms with van der Waals surface area (Å²) >= 11 is 1.88. The highest BCUT2D eigenvalue weighted by atomic mass is 32.1. The predicted molar refractivity (Wildman–Crippen MR) is 263 cm³/mol. The average molecular weight is 801 g/mol. The van der Waals surface area contributed by atoms with Gasteiger partial charge >= 0.3 is 0 Å². The fraction of sp³-hybridized carbons (Fsp3) is 0.103. The van der Waals surface area contributed by atoms with Crippen molar-refractivity contribution in [3.63, 3.8) is 0 Å². The highest BCUT2D eigenvalue weighted by molar-refractivity contribution is 7.25. The molecule has 292 valence electrons. The number of fused-ring (bicyclic) bond motifs is 7. The van der Waals surface area contributed by atoms with Crippen molar-refractivity contribution in [2.24, 2.45) is 0 Å². The number of aromatic nitrogens is 1. The van der Waals surface area contributed by atoms with Crippen molar-refractivity contribution < 1.29 is 0 Å². The molecule has 3 heteroatoms. The first-order valence-corrected chi connectivity index (χ1v) is 22.6. The summed E-state index contributed by atoms with van der Waals surface area (Å²) < 4.78 is 5.06. The molecule has 0 spiro atoms. The van der Waals surface area contributed by atoms with E-state index < -0.39 is 0 Å². The minimum absolute atomic E-state index is 0.576. The van der Waals surface area contributed by atoms with E-state index in [-0.39, 0.29) is 0 Å². The zero-order chi connectivity index (χ0) is 40.3. The topological polar surface area (TPSA) is 8.17 Å². The van der Waals surface area contributed by atoms with E-state index in [0.717, 1.165) is 22.7 Å². The van der Waals surface area contributed by atoms with Gasteiger partial charge < -0.3 is 9.47 Å². The van der Waals surface area contributed by atoms with Crippen molar-refractivity contribution in [1.82, 2.24) is 4.57 Å². The maximum atomic E-state index is 2.55. The Morgan fingerprint density at radius 1 is 0.443 bits per heavy atom. The number of rotatable bonds is 7. The van der Waals surface area contributed by atoms with Crippen LogP contribution in [0.3, 0.4) is 0 Å². The normalized spacial score (nSPS) is 13.5. The standard InChI is InChI=1S/C58H44N2S/c1-3-18-39(19-4-1)44-29-14-20-40-21-15-31-47(56(40)44)46-26-7-10-32-50(46)60(43-25-13-22-41(38-43)45-30-16-37-55-57(45)49-28-9-12-36-54(49)61-55)53-35-17-34-52-58(53)48-27-8-11-33-51(48)59(52)42-23-5-2-6-24-42/h2,5-17,20-39H,1,3-4,18-19H2. The van der Waals surface area contributed by atoms with Gasteiger partial charge in [-0.25, -0.2) is 0 Å². The summed E-state index contributed by atoms with van der Waals surface area (Å²) in [5.41, 5.74) is 13.5. The Labute approximate surface area is 360 Å². The molecule has 0 radical (unpaired) electrons. The van der Waals surface area contributed by atoms with Crippen molar-refractivity contribution in [1.29, 1.82) is 0 Å². The second kappa shape index (κ2) is 15.0. The molecule has 1 fully saturated rings. The average Bonchev–Trinajstić information content (AvgIpc) is 3.89. The van der Waals surface area contributed by atoms with Crippen LogP contribution in [0.25, 0.3) is 80.7 Å². The lowest BCUT2D eigenvalue weighted by atomic mass is 9.80. The Kier molecular flexibility index (Phi) is 8.82. The highest BCUT2D eigenvalue weighted by Gasteiger charge is 2.26. The Balaban J connectivity index is 1.15. The first-order valence-electron chi connectivity index (χ1n) is 21.8. The molecule has 11 aromatic rings. The van der Waals surface area contributed by atoms with E-state index in [1.165, 1.54) is 113 Å². The molecule has 2 nitrogen and oxygen atoms in total. The molecular formula is C58H44N2S. The van der Waals surface area contributed by atoms with Crippen LogP contribution in [0.2, 0.25) is 0 Å². The molecule has 0 amide bonds. The van der Waals surface area contributed by atoms with Crippen LogP contribution in [-0.2, 0) is 0 Å². The molecule has 1 saturated carbocycles. The number of hydrogen-bond donors (Lipinski definition) is 0. The number of benzene rings is 9. The van der Waals surface area contributed by atoms with E-state index in [2.05, 4.69) is 210 Å². The second-order valence-electron chi connectivity index (χ2n) is 16.6. The summed E-state index contributed by atoms with van der Waals surface area (Å²) in [6.45, 7) is 0. The van der Waals surface area contributed by atoms with Crippen LogP contribution in [0.5, 0.6) is 0 Å². The molecule has 0 atom stereocenters. The molecule has 2 heterocycles. The number of thiophene rings is 1. The van der Waals surface area contributed by atoms with Gasteiger partial charge in [-0.1, -0.05) is 159 Å². The lowest BCUT2D eigenvalue weighted by Crippen LogP contribution is -2.12. The monoisotopic (exact) mass is 800 g/mol. The molecule has 0 unspecified atom stereocenters. The molecule has 61 heavy (non-hydrogen) atoms. The molecule has 1 aliphatic carbocycles. The van der Waals surface area contributed by atoms with E-state index in [1.807, 2.05) is 11.3 Å². The number of para-hydroxylation sites is 3. The van der Waals surface area contributed by atoms with Crippen LogP contribution in [0.4, 0.5) is 17.1 Å². The summed E-state index contributed by atoms with van der Waals surface area (Å²) in [5.74, 6) is 0.576. The third-order valence-electron chi connectivity index (χ3n) is 13.2. The van der Waals surface area contributed by atoms with Crippen molar-refractivity contribution in [3.8, 4) is 27.9 Å². The Morgan fingerprint density at radius 2 is 1.10 bits per heavy atom. The third kappa shape index (κ3) is 5.98. The summed E-state index contributed by atoms with van der Waals surface area (Å²) in [7, 11) is 0. The molecule has 1 aliphatic rings. The van der Waals surface area contributed by atoms with Crippen LogP contribution in [-0.4, -0.2) is 4.57 Å². The zero-order valence-corrected chi connectivity index (χ0v) is 34.8. The third-order valence-corrected chi connectivity index (χ3v) is 14.3. The minimum atomic E-state index is 0.576. The Hall–Kier alpha value is -6.94. The van der Waals surface area contributed by atoms with Gasteiger partial charge in [-0.2, -0.15) is 0 Å². The summed E-state index contributed by atoms with van der Waals surface area (Å²) in [5, 5.41) is 7.81. The first-order chi connectivity index (χ1) is 30.3. The Morgan fingerprint density at radius 3 is 2.00 bits per heavy atom. The van der Waals surface area contributed by atoms with E-state index in [4.69, 9.17) is 0 Å². The van der Waals surface area contributed by atoms with Crippen molar-refractivity contribution in [2.45, 2.75) is 38.0 Å². The van der Waals surface area contributed by atoms with Crippen molar-refractivity contribution >= 4 is 81.1 Å². The van der Waals surface area contributed by atoms with E-state index in [1.54, 1.807) is 0 Å². The molecule has 2 aromatic heterocycles. The van der Waals surface area contributed by atoms with Crippen molar-refractivity contribution in [2.75, 3.05) is 4.90 Å². The molecule has 9 aromatic carbocycles. The summed E-state index contributed by atoms with van der Waals surface area (Å²) in [4.78, 5) is 2.55. The van der Waals surface area contributed by atoms with Crippen LogP contribution in [0.1, 0.15) is 43.6 Å². The quantitative estimate of drug-likeness (QED) is 0.156. The summed E-state index contributed by atoms with van der Waals surface area (Å²) in [6.07, 6.45) is 6.47. The number of hydrogen-bond acceptors (Lipinski definition) is 2. The van der Waals surface area contributed by atoms with Crippen LogP contribution in [0, 0.1) is 0 Å². The largest absolute Gasteiger partial charge is 0.309 e. The van der Waals surface area contributed by atoms with Gasteiger partial charge in [-0.05, 0) is 112 Å². The SMILES string of the molecule is c1ccc(-n2c3ccccc3c3c(N(c4cccc(-c5cccc6sc7ccccc7c56)c4)c4ccccc4-c4cccc5cccc(C6CCCCC6)c45)cccc32)cc1. The molecule has 0 bridgehead atoms. The van der Waals surface area contributed by atoms with Gasteiger partial charge in [0, 0.05) is 47.9 Å². The lowest BCUT2D eigenvalue weighted by Gasteiger charge is -2.30. The van der Waals surface area contributed by atoms with Gasteiger partial charge in [0.2, 0.25) is 0 Å². The number of anilines is 3. The first kappa shape index (κ1) is 36.0. The minimum Gasteiger partial charge on any atom is -0.309 e. The van der Waals surface area contributed by atoms with Gasteiger partial charge in [0.1, 0.15) is 0 Å². The van der Waals surface area contributed by atoms with Gasteiger partial charge in [0.05, 0.1) is 22.4 Å². The highest BCUT2D eigenvalue weighted by Crippen LogP contribution is 2.50. The van der Waals surface area contributed by atoms with E-state index in [9.17, 15) is 0 Å². The summed E-state index contributed by atoms with van der Waals surface area (Å²) in [6, 6.07) is 74.5. The molecule has 0 aliphatic heterocycles. The van der Waals surface area contributed by atoms with Crippen LogP contribution in [0.15, 0.2) is 200 Å². The molecule has 0 saturated heterocycles. The molecule has 0 N–H and O–H groups in total. The van der Waals surface area contributed by atoms with Gasteiger partial charge in [0.15, 0.2) is 0 Å². The second-order valence-corrected chi connectivity index (χ2v) is 17.7. The number of nitrogens with zero attached hydrogens (tertiary/aromatic N) is 2. The fourth-order valence-corrected chi connectivity index (χ4v) is 11.7. The van der Waals surface area contributed by atoms with E-state index >= 15 is 0 Å². The van der Waals surface area contributed by atoms with Crippen molar-refractivity contribution in [3.05, 3.63) is 206 Å². The van der Waals surface area contributed by atoms with Gasteiger partial charge in [-0.15, -0.1) is 11.3 Å². The maximum absolute atomic E-state index is 2.55. The van der Waals surface area contributed by atoms with E-state index in [0.29, 0.717) is 5.92 Å². The predicted octanol–water partition coefficient (Wildman–Crippen LogP) is 17.2. The Bertz CT molecular complexity index is 3420. The lowest BCUT2D eigenvalue weighted by molar-refractivity contribution is 0.445.